The Morgan fingerprint density at radius 2 is 1.88 bits per heavy atom. The molecule has 206 valence electrons. The standard InChI is InChI=1S/C30H29FN4O5/c31-22-14-20-13-21(15-22)25(6-2-4-8-28(37)33-27-16-23(32-18-36)9-10-24(20)27)29(38)35-11-12-40-30(39)34-26-7-3-1-5-19(26)17-35/h1,3,5,7,9-10,13-16,18,25H,2,4,6,8,11-12,17H2,(H,32,36)(H,33,37)(H,34,39). The van der Waals surface area contributed by atoms with E-state index in [1.807, 2.05) is 12.1 Å². The zero-order valence-corrected chi connectivity index (χ0v) is 21.7. The Morgan fingerprint density at radius 1 is 1.02 bits per heavy atom. The van der Waals surface area contributed by atoms with Crippen LogP contribution in [0.3, 0.4) is 0 Å². The van der Waals surface area contributed by atoms with Crippen molar-refractivity contribution in [1.82, 2.24) is 4.90 Å². The number of hydrogen-bond acceptors (Lipinski definition) is 5. The van der Waals surface area contributed by atoms with Crippen molar-refractivity contribution in [3.63, 3.8) is 0 Å². The number of cyclic esters (lactones) is 1. The van der Waals surface area contributed by atoms with Crippen molar-refractivity contribution < 1.29 is 28.3 Å². The van der Waals surface area contributed by atoms with Gasteiger partial charge in [-0.15, -0.1) is 0 Å². The molecule has 0 aliphatic carbocycles. The van der Waals surface area contributed by atoms with E-state index < -0.39 is 17.8 Å². The predicted octanol–water partition coefficient (Wildman–Crippen LogP) is 5.25. The Bertz CT molecular complexity index is 1460. The summed E-state index contributed by atoms with van der Waals surface area (Å²) >= 11 is 0. The summed E-state index contributed by atoms with van der Waals surface area (Å²) in [6, 6.07) is 16.7. The molecule has 0 aromatic heterocycles. The third kappa shape index (κ3) is 6.12. The van der Waals surface area contributed by atoms with Gasteiger partial charge in [0.25, 0.3) is 0 Å². The molecule has 1 atom stereocenters. The smallest absolute Gasteiger partial charge is 0.411 e. The fourth-order valence-corrected chi connectivity index (χ4v) is 5.17. The Hall–Kier alpha value is -4.73. The van der Waals surface area contributed by atoms with Gasteiger partial charge in [0.15, 0.2) is 0 Å². The molecule has 2 aliphatic rings. The topological polar surface area (TPSA) is 117 Å². The number of halogens is 1. The third-order valence-corrected chi connectivity index (χ3v) is 7.12. The number of ether oxygens (including phenoxy) is 1. The van der Waals surface area contributed by atoms with E-state index >= 15 is 4.39 Å². The van der Waals surface area contributed by atoms with E-state index in [0.29, 0.717) is 59.4 Å². The largest absolute Gasteiger partial charge is 0.447 e. The van der Waals surface area contributed by atoms with Gasteiger partial charge in [-0.1, -0.05) is 36.8 Å². The molecule has 0 saturated heterocycles. The van der Waals surface area contributed by atoms with Crippen LogP contribution >= 0.6 is 0 Å². The zero-order chi connectivity index (χ0) is 28.1. The highest BCUT2D eigenvalue weighted by molar-refractivity contribution is 5.97. The van der Waals surface area contributed by atoms with E-state index in [9.17, 15) is 19.2 Å². The summed E-state index contributed by atoms with van der Waals surface area (Å²) in [5.74, 6) is -1.61. The first kappa shape index (κ1) is 26.9. The van der Waals surface area contributed by atoms with E-state index in [0.717, 1.165) is 5.56 Å². The van der Waals surface area contributed by atoms with Gasteiger partial charge in [0, 0.05) is 29.9 Å². The molecule has 9 nitrogen and oxygen atoms in total. The summed E-state index contributed by atoms with van der Waals surface area (Å²) < 4.78 is 20.4. The second kappa shape index (κ2) is 12.0. The summed E-state index contributed by atoms with van der Waals surface area (Å²) in [6.07, 6.45) is 1.70. The number of amides is 4. The van der Waals surface area contributed by atoms with Crippen molar-refractivity contribution in [3.8, 4) is 11.1 Å². The highest BCUT2D eigenvalue weighted by atomic mass is 19.1. The normalized spacial score (nSPS) is 17.5. The number of anilines is 3. The Kier molecular flexibility index (Phi) is 8.04. The molecule has 2 bridgehead atoms. The first-order chi connectivity index (χ1) is 19.4. The van der Waals surface area contributed by atoms with Gasteiger partial charge in [0.1, 0.15) is 12.4 Å². The van der Waals surface area contributed by atoms with Crippen molar-refractivity contribution in [2.75, 3.05) is 29.1 Å². The van der Waals surface area contributed by atoms with Crippen LogP contribution in [0.15, 0.2) is 60.7 Å². The van der Waals surface area contributed by atoms with Crippen LogP contribution in [0.1, 0.15) is 42.7 Å². The molecule has 0 saturated carbocycles. The van der Waals surface area contributed by atoms with Crippen molar-refractivity contribution >= 4 is 41.4 Å². The maximum absolute atomic E-state index is 15.1. The Labute approximate surface area is 230 Å². The molecule has 0 fully saturated rings. The molecular weight excluding hydrogens is 515 g/mol. The zero-order valence-electron chi connectivity index (χ0n) is 21.7. The lowest BCUT2D eigenvalue weighted by Gasteiger charge is -2.28. The number of hydrogen-bond donors (Lipinski definition) is 3. The van der Waals surface area contributed by atoms with E-state index in [-0.39, 0.29) is 37.9 Å². The number of benzene rings is 3. The number of fused-ring (bicyclic) bond motifs is 5. The molecule has 3 N–H and O–H groups in total. The second-order valence-electron chi connectivity index (χ2n) is 9.82. The minimum absolute atomic E-state index is 0.0113. The number of rotatable bonds is 3. The molecule has 10 heteroatoms. The van der Waals surface area contributed by atoms with Crippen LogP contribution < -0.4 is 16.0 Å². The number of nitrogens with one attached hydrogen (secondary N) is 3. The predicted molar refractivity (Wildman–Crippen MR) is 148 cm³/mol. The molecule has 40 heavy (non-hydrogen) atoms. The van der Waals surface area contributed by atoms with Crippen LogP contribution in [-0.2, 0) is 25.7 Å². The van der Waals surface area contributed by atoms with Gasteiger partial charge >= 0.3 is 6.09 Å². The van der Waals surface area contributed by atoms with Crippen LogP contribution in [0.2, 0.25) is 0 Å². The van der Waals surface area contributed by atoms with Crippen molar-refractivity contribution in [1.29, 1.82) is 0 Å². The minimum atomic E-state index is -0.673. The molecule has 5 rings (SSSR count). The number of para-hydroxylation sites is 1. The molecule has 0 radical (unpaired) electrons. The minimum Gasteiger partial charge on any atom is -0.447 e. The Balaban J connectivity index is 1.54. The van der Waals surface area contributed by atoms with Gasteiger partial charge in [0.2, 0.25) is 18.2 Å². The Morgan fingerprint density at radius 3 is 2.73 bits per heavy atom. The van der Waals surface area contributed by atoms with E-state index in [1.165, 1.54) is 12.1 Å². The van der Waals surface area contributed by atoms with Crippen LogP contribution in [0.5, 0.6) is 0 Å². The van der Waals surface area contributed by atoms with Gasteiger partial charge < -0.3 is 20.3 Å². The van der Waals surface area contributed by atoms with E-state index in [4.69, 9.17) is 4.74 Å². The average Bonchev–Trinajstić information content (AvgIpc) is 3.00. The monoisotopic (exact) mass is 544 g/mol. The first-order valence-electron chi connectivity index (χ1n) is 13.2. The maximum atomic E-state index is 15.1. The summed E-state index contributed by atoms with van der Waals surface area (Å²) in [5, 5.41) is 8.17. The van der Waals surface area contributed by atoms with Gasteiger partial charge in [-0.25, -0.2) is 9.18 Å². The lowest BCUT2D eigenvalue weighted by molar-refractivity contribution is -0.134. The molecule has 3 aromatic carbocycles. The van der Waals surface area contributed by atoms with Crippen molar-refractivity contribution in [3.05, 3.63) is 77.6 Å². The fraction of sp³-hybridized carbons (Fsp3) is 0.267. The lowest BCUT2D eigenvalue weighted by Crippen LogP contribution is -2.37. The van der Waals surface area contributed by atoms with Crippen molar-refractivity contribution in [2.24, 2.45) is 0 Å². The molecule has 4 amide bonds. The summed E-state index contributed by atoms with van der Waals surface area (Å²) in [6.45, 7) is 0.434. The van der Waals surface area contributed by atoms with E-state index in [1.54, 1.807) is 41.3 Å². The highest BCUT2D eigenvalue weighted by Gasteiger charge is 2.29. The van der Waals surface area contributed by atoms with Gasteiger partial charge in [0.05, 0.1) is 18.2 Å². The number of nitrogens with zero attached hydrogens (tertiary/aromatic N) is 1. The SMILES string of the molecule is O=CNc1ccc2c(c1)NC(=O)CCCCC(C(=O)N1CCOC(=O)Nc3ccccc3C1)c1cc(F)cc-2c1. The first-order valence-corrected chi connectivity index (χ1v) is 13.2. The van der Waals surface area contributed by atoms with Crippen LogP contribution in [0, 0.1) is 5.82 Å². The molecular formula is C30H29FN4O5. The average molecular weight is 545 g/mol. The van der Waals surface area contributed by atoms with Gasteiger partial charge in [-0.2, -0.15) is 0 Å². The van der Waals surface area contributed by atoms with Crippen LogP contribution in [-0.4, -0.2) is 42.4 Å². The molecule has 2 aliphatic heterocycles. The number of carbonyl (C=O) groups is 4. The van der Waals surface area contributed by atoms with Crippen LogP contribution in [0.25, 0.3) is 11.1 Å². The van der Waals surface area contributed by atoms with Crippen molar-refractivity contribution in [2.45, 2.75) is 38.1 Å². The summed E-state index contributed by atoms with van der Waals surface area (Å²) in [5.41, 5.74) is 3.81. The van der Waals surface area contributed by atoms with E-state index in [2.05, 4.69) is 16.0 Å². The second-order valence-corrected chi connectivity index (χ2v) is 9.82. The van der Waals surface area contributed by atoms with Gasteiger partial charge in [-0.3, -0.25) is 19.7 Å². The fourth-order valence-electron chi connectivity index (χ4n) is 5.17. The van der Waals surface area contributed by atoms with Crippen LogP contribution in [0.4, 0.5) is 26.2 Å². The maximum Gasteiger partial charge on any atom is 0.411 e. The number of carbonyl (C=O) groups excluding carboxylic acids is 4. The molecule has 2 heterocycles. The quantitative estimate of drug-likeness (QED) is 0.390. The molecule has 0 spiro atoms. The third-order valence-electron chi connectivity index (χ3n) is 7.12. The summed E-state index contributed by atoms with van der Waals surface area (Å²) in [7, 11) is 0. The highest BCUT2D eigenvalue weighted by Crippen LogP contribution is 2.36. The molecule has 1 unspecified atom stereocenters. The lowest BCUT2D eigenvalue weighted by atomic mass is 9.88. The summed E-state index contributed by atoms with van der Waals surface area (Å²) in [4.78, 5) is 51.6. The van der Waals surface area contributed by atoms with Gasteiger partial charge in [-0.05, 0) is 59.9 Å². The molecule has 3 aromatic rings.